The SMILES string of the molecule is C[C@@H](CC(C(=O)c1cccc(OCc2ccccc2)c1)(c1ccccc1)c1ccccc1)[N+](C)(C)C. The van der Waals surface area contributed by atoms with Crippen LogP contribution in [0.2, 0.25) is 0 Å². The average Bonchev–Trinajstić information content (AvgIpc) is 2.91. The van der Waals surface area contributed by atoms with E-state index in [9.17, 15) is 4.79 Å². The summed E-state index contributed by atoms with van der Waals surface area (Å²) in [7, 11) is 6.57. The van der Waals surface area contributed by atoms with Crippen LogP contribution in [0.4, 0.5) is 0 Å². The van der Waals surface area contributed by atoms with Crippen molar-refractivity contribution in [1.82, 2.24) is 0 Å². The number of rotatable bonds is 10. The molecule has 4 aromatic rings. The maximum atomic E-state index is 14.7. The van der Waals surface area contributed by atoms with Crippen LogP contribution >= 0.6 is 0 Å². The lowest BCUT2D eigenvalue weighted by atomic mass is 9.66. The molecule has 0 saturated heterocycles. The number of ether oxygens (including phenoxy) is 1. The van der Waals surface area contributed by atoms with Gasteiger partial charge in [-0.15, -0.1) is 0 Å². The highest BCUT2D eigenvalue weighted by atomic mass is 16.5. The Bertz CT molecular complexity index is 1220. The van der Waals surface area contributed by atoms with E-state index in [-0.39, 0.29) is 11.8 Å². The van der Waals surface area contributed by atoms with Crippen molar-refractivity contribution in [2.24, 2.45) is 0 Å². The first-order valence-corrected chi connectivity index (χ1v) is 12.5. The van der Waals surface area contributed by atoms with Gasteiger partial charge in [0.05, 0.1) is 32.6 Å². The van der Waals surface area contributed by atoms with E-state index in [0.717, 1.165) is 21.2 Å². The Morgan fingerprint density at radius 3 is 1.81 bits per heavy atom. The molecule has 0 radical (unpaired) electrons. The maximum Gasteiger partial charge on any atom is 0.178 e. The topological polar surface area (TPSA) is 26.3 Å². The highest BCUT2D eigenvalue weighted by Crippen LogP contribution is 2.41. The van der Waals surface area contributed by atoms with Crippen molar-refractivity contribution >= 4 is 5.78 Å². The van der Waals surface area contributed by atoms with Crippen molar-refractivity contribution in [2.75, 3.05) is 21.1 Å². The molecule has 0 aliphatic heterocycles. The highest BCUT2D eigenvalue weighted by Gasteiger charge is 2.45. The van der Waals surface area contributed by atoms with Gasteiger partial charge in [0, 0.05) is 12.0 Å². The maximum absolute atomic E-state index is 14.7. The van der Waals surface area contributed by atoms with E-state index in [1.165, 1.54) is 0 Å². The molecule has 0 saturated carbocycles. The Balaban J connectivity index is 1.80. The molecular weight excluding hydrogens is 442 g/mol. The number of carbonyl (C=O) groups is 1. The van der Waals surface area contributed by atoms with Gasteiger partial charge in [0.1, 0.15) is 12.4 Å². The van der Waals surface area contributed by atoms with Gasteiger partial charge in [-0.05, 0) is 35.7 Å². The van der Waals surface area contributed by atoms with Crippen molar-refractivity contribution in [3.63, 3.8) is 0 Å². The van der Waals surface area contributed by atoms with E-state index in [0.29, 0.717) is 24.3 Å². The number of benzene rings is 4. The molecule has 0 aliphatic rings. The standard InChI is InChI=1S/C33H36NO2/c1-26(34(2,3)4)24-33(29-18-10-6-11-19-29,30-20-12-7-13-21-30)32(35)28-17-14-22-31(23-28)36-25-27-15-8-5-9-16-27/h5-23,26H,24-25H2,1-4H3/q+1/t26-/m0/s1. The zero-order chi connectivity index (χ0) is 25.6. The number of ketones is 1. The molecule has 184 valence electrons. The molecule has 0 unspecified atom stereocenters. The van der Waals surface area contributed by atoms with Gasteiger partial charge in [0.15, 0.2) is 5.78 Å². The van der Waals surface area contributed by atoms with Gasteiger partial charge in [-0.1, -0.05) is 103 Å². The second-order valence-corrected chi connectivity index (χ2v) is 10.4. The summed E-state index contributed by atoms with van der Waals surface area (Å²) in [6.07, 6.45) is 0.679. The molecule has 3 nitrogen and oxygen atoms in total. The van der Waals surface area contributed by atoms with E-state index in [4.69, 9.17) is 4.74 Å². The van der Waals surface area contributed by atoms with Crippen LogP contribution in [0.25, 0.3) is 0 Å². The first-order valence-electron chi connectivity index (χ1n) is 12.5. The van der Waals surface area contributed by atoms with E-state index >= 15 is 0 Å². The molecule has 0 bridgehead atoms. The zero-order valence-electron chi connectivity index (χ0n) is 21.7. The number of hydrogen-bond donors (Lipinski definition) is 0. The Hall–Kier alpha value is -3.69. The predicted molar refractivity (Wildman–Crippen MR) is 147 cm³/mol. The second-order valence-electron chi connectivity index (χ2n) is 10.4. The molecule has 0 fully saturated rings. The summed E-state index contributed by atoms with van der Waals surface area (Å²) < 4.78 is 6.85. The minimum Gasteiger partial charge on any atom is -0.489 e. The third kappa shape index (κ3) is 5.58. The summed E-state index contributed by atoms with van der Waals surface area (Å²) in [5.74, 6) is 0.782. The predicted octanol–water partition coefficient (Wildman–Crippen LogP) is 6.92. The minimum atomic E-state index is -0.828. The van der Waals surface area contributed by atoms with Gasteiger partial charge in [-0.2, -0.15) is 0 Å². The van der Waals surface area contributed by atoms with Crippen LogP contribution in [0.5, 0.6) is 5.75 Å². The molecule has 4 aromatic carbocycles. The van der Waals surface area contributed by atoms with Crippen LogP contribution in [-0.4, -0.2) is 37.5 Å². The van der Waals surface area contributed by atoms with Gasteiger partial charge >= 0.3 is 0 Å². The first-order chi connectivity index (χ1) is 17.3. The number of nitrogens with zero attached hydrogens (tertiary/aromatic N) is 1. The zero-order valence-corrected chi connectivity index (χ0v) is 21.7. The Morgan fingerprint density at radius 1 is 0.750 bits per heavy atom. The lowest BCUT2D eigenvalue weighted by molar-refractivity contribution is -0.894. The molecule has 0 heterocycles. The Labute approximate surface area is 215 Å². The van der Waals surface area contributed by atoms with Crippen LogP contribution in [0.3, 0.4) is 0 Å². The summed E-state index contributed by atoms with van der Waals surface area (Å²) >= 11 is 0. The lowest BCUT2D eigenvalue weighted by Gasteiger charge is -2.40. The largest absolute Gasteiger partial charge is 0.489 e. The molecule has 3 heteroatoms. The van der Waals surface area contributed by atoms with Crippen LogP contribution < -0.4 is 4.74 Å². The summed E-state index contributed by atoms with van der Waals surface area (Å²) in [6.45, 7) is 2.69. The average molecular weight is 479 g/mol. The molecule has 4 rings (SSSR count). The fourth-order valence-corrected chi connectivity index (χ4v) is 4.63. The molecule has 1 atom stereocenters. The molecular formula is C33H36NO2+. The Morgan fingerprint density at radius 2 is 1.28 bits per heavy atom. The van der Waals surface area contributed by atoms with E-state index in [1.54, 1.807) is 0 Å². The van der Waals surface area contributed by atoms with Crippen LogP contribution in [0.15, 0.2) is 115 Å². The fraction of sp³-hybridized carbons (Fsp3) is 0.242. The molecule has 0 amide bonds. The normalized spacial score (nSPS) is 12.7. The first kappa shape index (κ1) is 25.4. The van der Waals surface area contributed by atoms with Gasteiger partial charge in [-0.3, -0.25) is 4.79 Å². The van der Waals surface area contributed by atoms with Crippen LogP contribution in [-0.2, 0) is 12.0 Å². The quantitative estimate of drug-likeness (QED) is 0.183. The smallest absolute Gasteiger partial charge is 0.178 e. The molecule has 0 aromatic heterocycles. The van der Waals surface area contributed by atoms with Crippen molar-refractivity contribution in [2.45, 2.75) is 31.4 Å². The molecule has 0 spiro atoms. The summed E-state index contributed by atoms with van der Waals surface area (Å²) in [4.78, 5) is 14.7. The van der Waals surface area contributed by atoms with Gasteiger partial charge in [0.25, 0.3) is 0 Å². The Kier molecular flexibility index (Phi) is 7.71. The lowest BCUT2D eigenvalue weighted by Crippen LogP contribution is -2.50. The van der Waals surface area contributed by atoms with Crippen LogP contribution in [0.1, 0.15) is 40.4 Å². The highest BCUT2D eigenvalue weighted by molar-refractivity contribution is 6.06. The summed E-state index contributed by atoms with van der Waals surface area (Å²) in [6, 6.07) is 38.4. The van der Waals surface area contributed by atoms with Gasteiger partial charge < -0.3 is 9.22 Å². The summed E-state index contributed by atoms with van der Waals surface area (Å²) in [5.41, 5.74) is 2.94. The summed E-state index contributed by atoms with van der Waals surface area (Å²) in [5, 5.41) is 0. The van der Waals surface area contributed by atoms with Crippen molar-refractivity contribution in [1.29, 1.82) is 0 Å². The van der Waals surface area contributed by atoms with E-state index < -0.39 is 5.41 Å². The van der Waals surface area contributed by atoms with Crippen molar-refractivity contribution in [3.8, 4) is 5.75 Å². The number of carbonyl (C=O) groups excluding carboxylic acids is 1. The third-order valence-corrected chi connectivity index (χ3v) is 7.19. The van der Waals surface area contributed by atoms with Crippen LogP contribution in [0, 0.1) is 0 Å². The molecule has 0 aliphatic carbocycles. The number of Topliss-reactive ketones (excluding diaryl/α,β-unsaturated/α-hetero) is 1. The molecule has 0 N–H and O–H groups in total. The van der Waals surface area contributed by atoms with E-state index in [2.05, 4.69) is 52.3 Å². The minimum absolute atomic E-state index is 0.0883. The monoisotopic (exact) mass is 478 g/mol. The second kappa shape index (κ2) is 10.9. The van der Waals surface area contributed by atoms with E-state index in [1.807, 2.05) is 91.0 Å². The number of hydrogen-bond acceptors (Lipinski definition) is 2. The number of quaternary nitrogens is 1. The van der Waals surface area contributed by atoms with Crippen molar-refractivity contribution < 1.29 is 14.0 Å². The molecule has 36 heavy (non-hydrogen) atoms. The van der Waals surface area contributed by atoms with Crippen molar-refractivity contribution in [3.05, 3.63) is 138 Å². The fourth-order valence-electron chi connectivity index (χ4n) is 4.63. The van der Waals surface area contributed by atoms with Gasteiger partial charge in [-0.25, -0.2) is 0 Å². The third-order valence-electron chi connectivity index (χ3n) is 7.19. The van der Waals surface area contributed by atoms with Gasteiger partial charge in [0.2, 0.25) is 0 Å².